The summed E-state index contributed by atoms with van der Waals surface area (Å²) in [5.41, 5.74) is 5.95. The maximum absolute atomic E-state index is 14.0. The predicted octanol–water partition coefficient (Wildman–Crippen LogP) is 7.51. The fourth-order valence-corrected chi connectivity index (χ4v) is 4.89. The Morgan fingerprint density at radius 3 is 2.74 bits per heavy atom. The molecule has 192 valence electrons. The molecule has 0 bridgehead atoms. The van der Waals surface area contributed by atoms with Crippen molar-refractivity contribution in [1.82, 2.24) is 4.98 Å². The molecule has 1 aliphatic carbocycles. The van der Waals surface area contributed by atoms with Gasteiger partial charge in [0.05, 0.1) is 30.0 Å². The van der Waals surface area contributed by atoms with Gasteiger partial charge in [-0.15, -0.1) is 30.2 Å². The Balaban J connectivity index is 0.00000400. The predicted molar refractivity (Wildman–Crippen MR) is 144 cm³/mol. The van der Waals surface area contributed by atoms with Gasteiger partial charge in [0, 0.05) is 5.56 Å². The number of benzene rings is 2. The zero-order chi connectivity index (χ0) is 26.6. The Morgan fingerprint density at radius 2 is 2.03 bits per heavy atom. The first kappa shape index (κ1) is 28.8. The molecule has 3 aromatic rings. The van der Waals surface area contributed by atoms with Gasteiger partial charge in [0.1, 0.15) is 5.41 Å². The van der Waals surface area contributed by atoms with Crippen LogP contribution in [0.25, 0.3) is 16.8 Å². The quantitative estimate of drug-likeness (QED) is 0.182. The van der Waals surface area contributed by atoms with E-state index in [4.69, 9.17) is 9.98 Å². The number of hydrogen-bond donors (Lipinski definition) is 0. The Morgan fingerprint density at radius 1 is 1.26 bits per heavy atom. The fourth-order valence-electron chi connectivity index (χ4n) is 4.89. The fraction of sp³-hybridized carbons (Fsp3) is 0.156. The Kier molecular flexibility index (Phi) is 9.25. The number of nitriles is 1. The minimum Gasteiger partial charge on any atom is -0.492 e. The molecule has 0 amide bonds. The summed E-state index contributed by atoms with van der Waals surface area (Å²) in [7, 11) is 0. The molecule has 3 nitrogen and oxygen atoms in total. The number of rotatable bonds is 8. The van der Waals surface area contributed by atoms with Crippen LogP contribution in [0.3, 0.4) is 0 Å². The van der Waals surface area contributed by atoms with Crippen molar-refractivity contribution in [3.05, 3.63) is 132 Å². The molecule has 2 aromatic carbocycles. The van der Waals surface area contributed by atoms with E-state index in [2.05, 4.69) is 25.3 Å². The van der Waals surface area contributed by atoms with E-state index in [0.717, 1.165) is 34.1 Å². The molecular weight excluding hydrogens is 659 g/mol. The summed E-state index contributed by atoms with van der Waals surface area (Å²) in [6.07, 6.45) is 6.43. The molecule has 1 heterocycles. The van der Waals surface area contributed by atoms with Gasteiger partial charge in [-0.05, 0) is 53.6 Å². The topological polar surface area (TPSA) is 49.0 Å². The van der Waals surface area contributed by atoms with Crippen LogP contribution in [-0.4, -0.2) is 17.4 Å². The second kappa shape index (κ2) is 12.2. The minimum absolute atomic E-state index is 0. The molecule has 1 aliphatic rings. The number of pyridine rings is 1. The largest absolute Gasteiger partial charge is 2.00 e. The molecule has 4 rings (SSSR count). The number of allylic oxidation sites excluding steroid dienone is 5. The van der Waals surface area contributed by atoms with Crippen molar-refractivity contribution >= 4 is 11.3 Å². The zero-order valence-electron chi connectivity index (χ0n) is 21.1. The molecule has 0 aliphatic heterocycles. The maximum Gasteiger partial charge on any atom is 2.00 e. The molecule has 0 saturated heterocycles. The molecular formula is C32H25F2N3Pt. The molecule has 0 spiro atoms. The van der Waals surface area contributed by atoms with Gasteiger partial charge < -0.3 is 6.08 Å². The van der Waals surface area contributed by atoms with E-state index in [-0.39, 0.29) is 26.6 Å². The number of fused-ring (bicyclic) bond motifs is 1. The summed E-state index contributed by atoms with van der Waals surface area (Å²) in [6, 6.07) is 20.9. The average molecular weight is 685 g/mol. The number of halogens is 2. The van der Waals surface area contributed by atoms with Crippen molar-refractivity contribution in [2.45, 2.75) is 25.7 Å². The first-order chi connectivity index (χ1) is 17.9. The van der Waals surface area contributed by atoms with Crippen molar-refractivity contribution in [2.75, 3.05) is 6.67 Å². The molecule has 38 heavy (non-hydrogen) atoms. The summed E-state index contributed by atoms with van der Waals surface area (Å²) in [4.78, 5) is 9.84. The SMILES string of the molecule is C=CC1=C(C)C(C(=C)N=C(C)C[C-]=CCF)(c2cccc(-c3[c-]cc(F)c(C#N)c3)n2)c2ccccc21.[Pt+2]. The second-order valence-corrected chi connectivity index (χ2v) is 8.70. The third-order valence-electron chi connectivity index (χ3n) is 6.56. The second-order valence-electron chi connectivity index (χ2n) is 8.70. The number of alkyl halides is 1. The van der Waals surface area contributed by atoms with E-state index < -0.39 is 17.9 Å². The molecule has 0 radical (unpaired) electrons. The van der Waals surface area contributed by atoms with Gasteiger partial charge in [-0.3, -0.25) is 14.4 Å². The van der Waals surface area contributed by atoms with Crippen LogP contribution in [-0.2, 0) is 26.5 Å². The molecule has 0 fully saturated rings. The molecule has 1 unspecified atom stereocenters. The van der Waals surface area contributed by atoms with Crippen LogP contribution in [0.15, 0.2) is 96.2 Å². The van der Waals surface area contributed by atoms with E-state index in [9.17, 15) is 14.0 Å². The Hall–Kier alpha value is -3.74. The summed E-state index contributed by atoms with van der Waals surface area (Å²) in [5.74, 6) is -0.630. The normalized spacial score (nSPS) is 16.7. The maximum atomic E-state index is 14.0. The summed E-state index contributed by atoms with van der Waals surface area (Å²) in [5, 5.41) is 9.30. The van der Waals surface area contributed by atoms with Crippen LogP contribution in [0, 0.1) is 29.3 Å². The van der Waals surface area contributed by atoms with E-state index in [1.165, 1.54) is 12.1 Å². The summed E-state index contributed by atoms with van der Waals surface area (Å²) in [6.45, 7) is 11.7. The van der Waals surface area contributed by atoms with Gasteiger partial charge in [-0.1, -0.05) is 55.6 Å². The van der Waals surface area contributed by atoms with Crippen molar-refractivity contribution < 1.29 is 29.8 Å². The van der Waals surface area contributed by atoms with Gasteiger partial charge in [0.25, 0.3) is 0 Å². The van der Waals surface area contributed by atoms with Crippen LogP contribution < -0.4 is 0 Å². The van der Waals surface area contributed by atoms with E-state index in [1.807, 2.05) is 62.4 Å². The standard InChI is InChI=1S/C32H25F2N3.Pt/c1-5-26-22(3)32(28-13-7-6-12-27(26)28,23(4)36-21(2)11-8-9-18-33)31-15-10-14-30(37-31)24-16-17-29(34)25(19-24)20-35;/h5-7,9-10,12-15,17,19H,1,4,11,18H2,2-3H3;/q-2;+2. The zero-order valence-corrected chi connectivity index (χ0v) is 23.4. The van der Waals surface area contributed by atoms with Crippen molar-refractivity contribution in [3.63, 3.8) is 0 Å². The van der Waals surface area contributed by atoms with Crippen molar-refractivity contribution in [1.29, 1.82) is 5.26 Å². The molecule has 6 heteroatoms. The smallest absolute Gasteiger partial charge is 0.492 e. The van der Waals surface area contributed by atoms with Crippen LogP contribution in [0.5, 0.6) is 0 Å². The summed E-state index contributed by atoms with van der Waals surface area (Å²) < 4.78 is 26.5. The van der Waals surface area contributed by atoms with Gasteiger partial charge in [-0.2, -0.15) is 5.26 Å². The monoisotopic (exact) mass is 684 g/mol. The van der Waals surface area contributed by atoms with Crippen molar-refractivity contribution in [3.8, 4) is 17.3 Å². The van der Waals surface area contributed by atoms with Crippen LogP contribution >= 0.6 is 0 Å². The number of aromatic nitrogens is 1. The molecule has 0 saturated carbocycles. The third-order valence-corrected chi connectivity index (χ3v) is 6.56. The minimum atomic E-state index is -0.903. The number of hydrogen-bond acceptors (Lipinski definition) is 3. The molecule has 1 atom stereocenters. The van der Waals surface area contributed by atoms with Crippen LogP contribution in [0.2, 0.25) is 0 Å². The van der Waals surface area contributed by atoms with Gasteiger partial charge in [0.15, 0.2) is 0 Å². The summed E-state index contributed by atoms with van der Waals surface area (Å²) >= 11 is 0. The van der Waals surface area contributed by atoms with E-state index in [0.29, 0.717) is 29.1 Å². The van der Waals surface area contributed by atoms with Crippen LogP contribution in [0.1, 0.15) is 42.7 Å². The Labute approximate surface area is 236 Å². The van der Waals surface area contributed by atoms with Crippen molar-refractivity contribution in [2.24, 2.45) is 4.99 Å². The molecule has 0 N–H and O–H groups in total. The van der Waals surface area contributed by atoms with Gasteiger partial charge in [-0.25, -0.2) is 10.5 Å². The number of aliphatic imine (C=N–C) groups is 1. The molecule has 1 aromatic heterocycles. The van der Waals surface area contributed by atoms with E-state index in [1.54, 1.807) is 6.07 Å². The number of nitrogens with zero attached hydrogens (tertiary/aromatic N) is 3. The van der Waals surface area contributed by atoms with Gasteiger partial charge >= 0.3 is 21.1 Å². The van der Waals surface area contributed by atoms with E-state index >= 15 is 0 Å². The Bertz CT molecular complexity index is 1530. The first-order valence-corrected chi connectivity index (χ1v) is 11.8. The first-order valence-electron chi connectivity index (χ1n) is 11.8. The van der Waals surface area contributed by atoms with Crippen LogP contribution in [0.4, 0.5) is 8.78 Å². The average Bonchev–Trinajstić information content (AvgIpc) is 3.17. The van der Waals surface area contributed by atoms with Gasteiger partial charge in [0.2, 0.25) is 0 Å². The third kappa shape index (κ3) is 5.02.